The molecule has 0 saturated carbocycles. The lowest BCUT2D eigenvalue weighted by Crippen LogP contribution is -2.31. The zero-order valence-corrected chi connectivity index (χ0v) is 13.4. The number of halogens is 1. The smallest absolute Gasteiger partial charge is 0.325 e. The highest BCUT2D eigenvalue weighted by atomic mass is 35.5. The van der Waals surface area contributed by atoms with E-state index in [1.54, 1.807) is 18.2 Å². The van der Waals surface area contributed by atoms with Crippen LogP contribution in [0.3, 0.4) is 0 Å². The standard InChI is InChI=1S/C15H21ClN2O3/c1-4-5-8-18(10-15(20)21-3)14-9-12(17-11(2)19)6-7-13(14)16/h6-7,9H,4-5,8,10H2,1-3H3,(H,17,19). The highest BCUT2D eigenvalue weighted by molar-refractivity contribution is 6.33. The van der Waals surface area contributed by atoms with Crippen molar-refractivity contribution < 1.29 is 14.3 Å². The zero-order valence-electron chi connectivity index (χ0n) is 12.6. The lowest BCUT2D eigenvalue weighted by molar-refractivity contribution is -0.139. The van der Waals surface area contributed by atoms with Gasteiger partial charge in [-0.1, -0.05) is 24.9 Å². The van der Waals surface area contributed by atoms with Crippen molar-refractivity contribution in [1.29, 1.82) is 0 Å². The molecule has 0 radical (unpaired) electrons. The van der Waals surface area contributed by atoms with Crippen LogP contribution in [0.4, 0.5) is 11.4 Å². The van der Waals surface area contributed by atoms with E-state index in [0.29, 0.717) is 22.9 Å². The summed E-state index contributed by atoms with van der Waals surface area (Å²) in [6.45, 7) is 4.33. The number of carbonyl (C=O) groups is 2. The largest absolute Gasteiger partial charge is 0.468 e. The molecule has 1 rings (SSSR count). The molecule has 21 heavy (non-hydrogen) atoms. The molecular weight excluding hydrogens is 292 g/mol. The second-order valence-electron chi connectivity index (χ2n) is 4.70. The number of methoxy groups -OCH3 is 1. The monoisotopic (exact) mass is 312 g/mol. The van der Waals surface area contributed by atoms with Crippen LogP contribution in [0.15, 0.2) is 18.2 Å². The number of anilines is 2. The van der Waals surface area contributed by atoms with Crippen molar-refractivity contribution in [3.8, 4) is 0 Å². The fourth-order valence-electron chi connectivity index (χ4n) is 1.89. The molecule has 1 N–H and O–H groups in total. The molecule has 0 saturated heterocycles. The summed E-state index contributed by atoms with van der Waals surface area (Å²) in [5.74, 6) is -0.483. The van der Waals surface area contributed by atoms with Crippen molar-refractivity contribution in [3.63, 3.8) is 0 Å². The van der Waals surface area contributed by atoms with Gasteiger partial charge in [-0.05, 0) is 24.6 Å². The Morgan fingerprint density at radius 3 is 2.67 bits per heavy atom. The molecule has 0 fully saturated rings. The molecule has 0 atom stereocenters. The Morgan fingerprint density at radius 1 is 1.38 bits per heavy atom. The third kappa shape index (κ3) is 5.63. The van der Waals surface area contributed by atoms with Gasteiger partial charge >= 0.3 is 5.97 Å². The van der Waals surface area contributed by atoms with Gasteiger partial charge in [0.2, 0.25) is 5.91 Å². The van der Waals surface area contributed by atoms with Gasteiger partial charge in [0, 0.05) is 19.2 Å². The van der Waals surface area contributed by atoms with E-state index in [1.165, 1.54) is 14.0 Å². The SMILES string of the molecule is CCCCN(CC(=O)OC)c1cc(NC(C)=O)ccc1Cl. The molecule has 0 aliphatic rings. The Bertz CT molecular complexity index is 506. The third-order valence-corrected chi connectivity index (χ3v) is 3.26. The number of unbranched alkanes of at least 4 members (excludes halogenated alkanes) is 1. The summed E-state index contributed by atoms with van der Waals surface area (Å²) in [5.41, 5.74) is 1.36. The number of esters is 1. The number of nitrogens with zero attached hydrogens (tertiary/aromatic N) is 1. The van der Waals surface area contributed by atoms with E-state index < -0.39 is 0 Å². The molecule has 116 valence electrons. The van der Waals surface area contributed by atoms with E-state index in [1.807, 2.05) is 4.90 Å². The van der Waals surface area contributed by atoms with Crippen LogP contribution in [0.2, 0.25) is 5.02 Å². The Hall–Kier alpha value is -1.75. The van der Waals surface area contributed by atoms with Gasteiger partial charge in [-0.25, -0.2) is 0 Å². The van der Waals surface area contributed by atoms with Gasteiger partial charge in [0.1, 0.15) is 6.54 Å². The molecule has 5 nitrogen and oxygen atoms in total. The number of hydrogen-bond donors (Lipinski definition) is 1. The number of rotatable bonds is 7. The van der Waals surface area contributed by atoms with Crippen LogP contribution in [0.25, 0.3) is 0 Å². The Balaban J connectivity index is 3.03. The van der Waals surface area contributed by atoms with Gasteiger partial charge in [0.25, 0.3) is 0 Å². The van der Waals surface area contributed by atoms with Crippen molar-refractivity contribution in [3.05, 3.63) is 23.2 Å². The van der Waals surface area contributed by atoms with Crippen LogP contribution in [-0.4, -0.2) is 32.1 Å². The molecule has 0 aromatic heterocycles. The summed E-state index contributed by atoms with van der Waals surface area (Å²) < 4.78 is 4.72. The van der Waals surface area contributed by atoms with Crippen molar-refractivity contribution >= 4 is 34.9 Å². The molecule has 1 amide bonds. The number of carbonyl (C=O) groups excluding carboxylic acids is 2. The second kappa shape index (κ2) is 8.52. The first kappa shape index (κ1) is 17.3. The summed E-state index contributed by atoms with van der Waals surface area (Å²) in [5, 5.41) is 3.24. The first-order chi connectivity index (χ1) is 9.97. The third-order valence-electron chi connectivity index (χ3n) is 2.94. The average Bonchev–Trinajstić information content (AvgIpc) is 2.44. The van der Waals surface area contributed by atoms with Crippen molar-refractivity contribution in [2.75, 3.05) is 30.4 Å². The summed E-state index contributed by atoms with van der Waals surface area (Å²) in [6.07, 6.45) is 1.93. The number of ether oxygens (including phenoxy) is 1. The van der Waals surface area contributed by atoms with Crippen molar-refractivity contribution in [2.24, 2.45) is 0 Å². The Kier molecular flexibility index (Phi) is 7.02. The predicted molar refractivity (Wildman–Crippen MR) is 84.9 cm³/mol. The zero-order chi connectivity index (χ0) is 15.8. The van der Waals surface area contributed by atoms with Gasteiger partial charge in [-0.2, -0.15) is 0 Å². The number of benzene rings is 1. The molecule has 0 heterocycles. The molecule has 0 aliphatic carbocycles. The maximum absolute atomic E-state index is 11.6. The minimum Gasteiger partial charge on any atom is -0.468 e. The van der Waals surface area contributed by atoms with Crippen LogP contribution >= 0.6 is 11.6 Å². The first-order valence-electron chi connectivity index (χ1n) is 6.86. The normalized spacial score (nSPS) is 10.1. The fourth-order valence-corrected chi connectivity index (χ4v) is 2.13. The number of amides is 1. The summed E-state index contributed by atoms with van der Waals surface area (Å²) >= 11 is 6.23. The van der Waals surface area contributed by atoms with E-state index in [0.717, 1.165) is 12.8 Å². The lowest BCUT2D eigenvalue weighted by atomic mass is 10.2. The van der Waals surface area contributed by atoms with E-state index in [-0.39, 0.29) is 18.4 Å². The van der Waals surface area contributed by atoms with Gasteiger partial charge < -0.3 is 15.0 Å². The van der Waals surface area contributed by atoms with E-state index in [2.05, 4.69) is 12.2 Å². The lowest BCUT2D eigenvalue weighted by Gasteiger charge is -2.25. The Morgan fingerprint density at radius 2 is 2.10 bits per heavy atom. The average molecular weight is 313 g/mol. The van der Waals surface area contributed by atoms with Crippen molar-refractivity contribution in [2.45, 2.75) is 26.7 Å². The highest BCUT2D eigenvalue weighted by Crippen LogP contribution is 2.29. The molecule has 1 aromatic rings. The predicted octanol–water partition coefficient (Wildman–Crippen LogP) is 3.08. The second-order valence-corrected chi connectivity index (χ2v) is 5.11. The molecule has 0 bridgehead atoms. The number of hydrogen-bond acceptors (Lipinski definition) is 4. The Labute approximate surface area is 130 Å². The van der Waals surface area contributed by atoms with Gasteiger partial charge in [-0.3, -0.25) is 9.59 Å². The summed E-state index contributed by atoms with van der Waals surface area (Å²) in [6, 6.07) is 5.20. The van der Waals surface area contributed by atoms with Gasteiger partial charge in [0.05, 0.1) is 17.8 Å². The summed E-state index contributed by atoms with van der Waals surface area (Å²) in [4.78, 5) is 24.6. The van der Waals surface area contributed by atoms with Crippen LogP contribution in [0.5, 0.6) is 0 Å². The van der Waals surface area contributed by atoms with E-state index in [4.69, 9.17) is 16.3 Å². The molecule has 6 heteroatoms. The maximum Gasteiger partial charge on any atom is 0.325 e. The minimum absolute atomic E-state index is 0.125. The first-order valence-corrected chi connectivity index (χ1v) is 7.24. The van der Waals surface area contributed by atoms with Gasteiger partial charge in [0.15, 0.2) is 0 Å². The minimum atomic E-state index is -0.327. The number of nitrogens with one attached hydrogen (secondary N) is 1. The van der Waals surface area contributed by atoms with Crippen LogP contribution in [-0.2, 0) is 14.3 Å². The van der Waals surface area contributed by atoms with E-state index >= 15 is 0 Å². The quantitative estimate of drug-likeness (QED) is 0.786. The molecule has 0 aliphatic heterocycles. The van der Waals surface area contributed by atoms with E-state index in [9.17, 15) is 9.59 Å². The molecule has 0 unspecified atom stereocenters. The highest BCUT2D eigenvalue weighted by Gasteiger charge is 2.15. The fraction of sp³-hybridized carbons (Fsp3) is 0.467. The molecule has 0 spiro atoms. The molecule has 1 aromatic carbocycles. The van der Waals surface area contributed by atoms with Crippen LogP contribution in [0, 0.1) is 0 Å². The van der Waals surface area contributed by atoms with Crippen molar-refractivity contribution in [1.82, 2.24) is 0 Å². The summed E-state index contributed by atoms with van der Waals surface area (Å²) in [7, 11) is 1.36. The topological polar surface area (TPSA) is 58.6 Å². The van der Waals surface area contributed by atoms with Crippen LogP contribution in [0.1, 0.15) is 26.7 Å². The van der Waals surface area contributed by atoms with Gasteiger partial charge in [-0.15, -0.1) is 0 Å². The van der Waals surface area contributed by atoms with Crippen LogP contribution < -0.4 is 10.2 Å². The molecular formula is C15H21ClN2O3. The maximum atomic E-state index is 11.6.